The number of unbranched alkanes of at least 4 members (excludes halogenated alkanes) is 1. The van der Waals surface area contributed by atoms with Gasteiger partial charge in [-0.25, -0.2) is 8.42 Å². The van der Waals surface area contributed by atoms with Crippen LogP contribution in [0.15, 0.2) is 78.9 Å². The van der Waals surface area contributed by atoms with Gasteiger partial charge in [0.15, 0.2) is 0 Å². The summed E-state index contributed by atoms with van der Waals surface area (Å²) in [6.45, 7) is 6.26. The van der Waals surface area contributed by atoms with Crippen LogP contribution in [0.2, 0.25) is 0 Å². The van der Waals surface area contributed by atoms with Crippen LogP contribution in [-0.4, -0.2) is 50.5 Å². The Hall–Kier alpha value is -3.85. The van der Waals surface area contributed by atoms with Crippen molar-refractivity contribution >= 4 is 27.5 Å². The maximum atomic E-state index is 13.7. The first kappa shape index (κ1) is 30.7. The molecule has 2 amide bonds. The fourth-order valence-electron chi connectivity index (χ4n) is 4.15. The van der Waals surface area contributed by atoms with Gasteiger partial charge in [-0.05, 0) is 61.2 Å². The lowest BCUT2D eigenvalue weighted by atomic mass is 10.1. The molecule has 1 unspecified atom stereocenters. The van der Waals surface area contributed by atoms with E-state index in [9.17, 15) is 18.0 Å². The molecule has 8 nitrogen and oxygen atoms in total. The first-order chi connectivity index (χ1) is 19.1. The number of anilines is 1. The number of rotatable bonds is 14. The van der Waals surface area contributed by atoms with Gasteiger partial charge >= 0.3 is 0 Å². The van der Waals surface area contributed by atoms with Crippen molar-refractivity contribution in [2.45, 2.75) is 52.8 Å². The van der Waals surface area contributed by atoms with Crippen LogP contribution in [0, 0.1) is 6.92 Å². The number of nitrogens with zero attached hydrogens (tertiary/aromatic N) is 2. The maximum Gasteiger partial charge on any atom is 0.244 e. The van der Waals surface area contributed by atoms with E-state index in [1.54, 1.807) is 31.2 Å². The van der Waals surface area contributed by atoms with Gasteiger partial charge in [-0.3, -0.25) is 13.9 Å². The number of ether oxygens (including phenoxy) is 1. The minimum atomic E-state index is -3.81. The number of hydrogen-bond donors (Lipinski definition) is 1. The number of aryl methyl sites for hydroxylation is 1. The summed E-state index contributed by atoms with van der Waals surface area (Å²) in [5, 5.41) is 2.89. The molecule has 0 aliphatic carbocycles. The van der Waals surface area contributed by atoms with Gasteiger partial charge in [0.25, 0.3) is 0 Å². The Kier molecular flexibility index (Phi) is 11.1. The van der Waals surface area contributed by atoms with Gasteiger partial charge in [0.1, 0.15) is 24.9 Å². The van der Waals surface area contributed by atoms with Crippen LogP contribution in [0.4, 0.5) is 5.69 Å². The second-order valence-corrected chi connectivity index (χ2v) is 11.7. The van der Waals surface area contributed by atoms with Gasteiger partial charge in [0.05, 0.1) is 11.9 Å². The zero-order valence-electron chi connectivity index (χ0n) is 23.7. The van der Waals surface area contributed by atoms with Crippen LogP contribution in [-0.2, 0) is 32.8 Å². The second-order valence-electron chi connectivity index (χ2n) is 9.81. The molecule has 9 heteroatoms. The van der Waals surface area contributed by atoms with Crippen LogP contribution < -0.4 is 14.4 Å². The molecule has 0 saturated heterocycles. The highest BCUT2D eigenvalue weighted by atomic mass is 32.2. The molecule has 0 radical (unpaired) electrons. The second kappa shape index (κ2) is 14.5. The predicted molar refractivity (Wildman–Crippen MR) is 159 cm³/mol. The number of amides is 2. The first-order valence-corrected chi connectivity index (χ1v) is 15.3. The average Bonchev–Trinajstić information content (AvgIpc) is 2.94. The fraction of sp³-hybridized carbons (Fsp3) is 0.355. The number of carbonyl (C=O) groups is 2. The number of hydrogen-bond acceptors (Lipinski definition) is 5. The molecule has 0 spiro atoms. The number of carbonyl (C=O) groups excluding carboxylic acids is 2. The van der Waals surface area contributed by atoms with E-state index in [1.165, 1.54) is 4.90 Å². The van der Waals surface area contributed by atoms with E-state index in [4.69, 9.17) is 4.74 Å². The molecule has 0 heterocycles. The Bertz CT molecular complexity index is 1360. The third kappa shape index (κ3) is 8.84. The molecular formula is C31H39N3O5S. The van der Waals surface area contributed by atoms with Gasteiger partial charge in [0.2, 0.25) is 21.8 Å². The highest BCUT2D eigenvalue weighted by Gasteiger charge is 2.30. The molecule has 0 aliphatic heterocycles. The minimum absolute atomic E-state index is 0.178. The van der Waals surface area contributed by atoms with Crippen LogP contribution in [0.3, 0.4) is 0 Å². The molecule has 1 atom stereocenters. The number of benzene rings is 3. The van der Waals surface area contributed by atoms with Crippen LogP contribution in [0.25, 0.3) is 0 Å². The normalized spacial score (nSPS) is 11.9. The highest BCUT2D eigenvalue weighted by molar-refractivity contribution is 7.92. The molecule has 214 valence electrons. The quantitative estimate of drug-likeness (QED) is 0.287. The summed E-state index contributed by atoms with van der Waals surface area (Å²) in [6.07, 6.45) is 2.82. The Morgan fingerprint density at radius 1 is 0.950 bits per heavy atom. The molecule has 3 aromatic carbocycles. The van der Waals surface area contributed by atoms with E-state index in [2.05, 4.69) is 5.32 Å². The Morgan fingerprint density at radius 3 is 2.23 bits per heavy atom. The van der Waals surface area contributed by atoms with E-state index in [-0.39, 0.29) is 12.5 Å². The van der Waals surface area contributed by atoms with Crippen molar-refractivity contribution in [3.05, 3.63) is 95.6 Å². The monoisotopic (exact) mass is 565 g/mol. The molecule has 3 rings (SSSR count). The van der Waals surface area contributed by atoms with Crippen molar-refractivity contribution in [1.29, 1.82) is 0 Å². The van der Waals surface area contributed by atoms with E-state index in [0.29, 0.717) is 24.6 Å². The molecular weight excluding hydrogens is 526 g/mol. The van der Waals surface area contributed by atoms with Gasteiger partial charge in [-0.15, -0.1) is 0 Å². The molecule has 0 bridgehead atoms. The first-order valence-electron chi connectivity index (χ1n) is 13.5. The van der Waals surface area contributed by atoms with Crippen molar-refractivity contribution in [1.82, 2.24) is 10.2 Å². The van der Waals surface area contributed by atoms with Crippen LogP contribution >= 0.6 is 0 Å². The summed E-state index contributed by atoms with van der Waals surface area (Å²) >= 11 is 0. The van der Waals surface area contributed by atoms with Crippen molar-refractivity contribution in [2.75, 3.05) is 23.7 Å². The summed E-state index contributed by atoms with van der Waals surface area (Å²) < 4.78 is 32.5. The van der Waals surface area contributed by atoms with Gasteiger partial charge in [-0.2, -0.15) is 0 Å². The lowest BCUT2D eigenvalue weighted by Gasteiger charge is -2.32. The fourth-order valence-corrected chi connectivity index (χ4v) is 5.00. The summed E-state index contributed by atoms with van der Waals surface area (Å²) in [5.41, 5.74) is 3.20. The molecule has 1 N–H and O–H groups in total. The van der Waals surface area contributed by atoms with Gasteiger partial charge in [-0.1, -0.05) is 67.9 Å². The maximum absolute atomic E-state index is 13.7. The summed E-state index contributed by atoms with van der Waals surface area (Å²) in [4.78, 5) is 28.1. The zero-order valence-corrected chi connectivity index (χ0v) is 24.5. The molecule has 40 heavy (non-hydrogen) atoms. The lowest BCUT2D eigenvalue weighted by molar-refractivity contribution is -0.139. The third-order valence-corrected chi connectivity index (χ3v) is 7.79. The van der Waals surface area contributed by atoms with Crippen LogP contribution in [0.1, 0.15) is 43.4 Å². The van der Waals surface area contributed by atoms with E-state index >= 15 is 0 Å². The summed E-state index contributed by atoms with van der Waals surface area (Å²) in [6, 6.07) is 23.1. The number of sulfonamides is 1. The van der Waals surface area contributed by atoms with E-state index in [1.807, 2.05) is 68.4 Å². The van der Waals surface area contributed by atoms with E-state index < -0.39 is 28.5 Å². The number of nitrogens with one attached hydrogen (secondary N) is 1. The zero-order chi connectivity index (χ0) is 29.1. The third-order valence-electron chi connectivity index (χ3n) is 6.65. The Labute approximate surface area is 238 Å². The minimum Gasteiger partial charge on any atom is -0.489 e. The van der Waals surface area contributed by atoms with Crippen molar-refractivity contribution < 1.29 is 22.7 Å². The Morgan fingerprint density at radius 2 is 1.60 bits per heavy atom. The highest BCUT2D eigenvalue weighted by Crippen LogP contribution is 2.23. The summed E-state index contributed by atoms with van der Waals surface area (Å²) in [5.74, 6) is -0.177. The average molecular weight is 566 g/mol. The smallest absolute Gasteiger partial charge is 0.244 e. The molecule has 0 aliphatic rings. The van der Waals surface area contributed by atoms with E-state index in [0.717, 1.165) is 40.1 Å². The standard InChI is InChI=1S/C31H39N3O5S/c1-5-6-20-32-31(36)25(3)33(21-27-15-11-10-12-24(27)2)30(35)22-34(40(4,37)38)28-16-18-29(19-17-28)39-23-26-13-8-7-9-14-26/h7-19,25H,5-6,20-23H2,1-4H3,(H,32,36). The van der Waals surface area contributed by atoms with Crippen molar-refractivity contribution in [3.8, 4) is 5.75 Å². The van der Waals surface area contributed by atoms with Crippen molar-refractivity contribution in [3.63, 3.8) is 0 Å². The summed E-state index contributed by atoms with van der Waals surface area (Å²) in [7, 11) is -3.81. The topological polar surface area (TPSA) is 96.0 Å². The predicted octanol–water partition coefficient (Wildman–Crippen LogP) is 4.67. The van der Waals surface area contributed by atoms with Crippen LogP contribution in [0.5, 0.6) is 5.75 Å². The Balaban J connectivity index is 1.81. The molecule has 0 aromatic heterocycles. The van der Waals surface area contributed by atoms with Crippen molar-refractivity contribution in [2.24, 2.45) is 0 Å². The molecule has 0 fully saturated rings. The molecule has 0 saturated carbocycles. The molecule has 3 aromatic rings. The lowest BCUT2D eigenvalue weighted by Crippen LogP contribution is -2.51. The SMILES string of the molecule is CCCCNC(=O)C(C)N(Cc1ccccc1C)C(=O)CN(c1ccc(OCc2ccccc2)cc1)S(C)(=O)=O. The van der Waals surface area contributed by atoms with Gasteiger partial charge < -0.3 is 15.0 Å². The van der Waals surface area contributed by atoms with Gasteiger partial charge in [0, 0.05) is 13.1 Å². The largest absolute Gasteiger partial charge is 0.489 e.